The molecular formula is C20H20F2N2O6. The van der Waals surface area contributed by atoms with Gasteiger partial charge in [-0.3, -0.25) is 14.8 Å². The van der Waals surface area contributed by atoms with E-state index < -0.39 is 54.4 Å². The number of hydrogen-bond donors (Lipinski definition) is 4. The topological polar surface area (TPSA) is 119 Å². The number of carbonyl (C=O) groups is 2. The molecule has 1 heterocycles. The van der Waals surface area contributed by atoms with Gasteiger partial charge in [-0.15, -0.1) is 0 Å². The lowest BCUT2D eigenvalue weighted by Crippen LogP contribution is -2.54. The van der Waals surface area contributed by atoms with E-state index in [2.05, 4.69) is 5.32 Å². The van der Waals surface area contributed by atoms with Crippen molar-refractivity contribution in [3.8, 4) is 0 Å². The third-order valence-corrected chi connectivity index (χ3v) is 4.77. The highest BCUT2D eigenvalue weighted by Gasteiger charge is 2.49. The molecule has 1 aliphatic rings. The molecule has 8 nitrogen and oxygen atoms in total. The molecule has 2 aromatic carbocycles. The largest absolute Gasteiger partial charge is 0.387 e. The highest BCUT2D eigenvalue weighted by molar-refractivity contribution is 5.94. The van der Waals surface area contributed by atoms with Crippen molar-refractivity contribution >= 4 is 11.8 Å². The number of carbonyl (C=O) groups excluding carboxylic acids is 2. The highest BCUT2D eigenvalue weighted by atomic mass is 19.2. The molecule has 10 heteroatoms. The van der Waals surface area contributed by atoms with Crippen LogP contribution < -0.4 is 5.32 Å². The number of hydrogen-bond acceptors (Lipinski definition) is 6. The molecule has 1 fully saturated rings. The zero-order valence-electron chi connectivity index (χ0n) is 15.7. The quantitative estimate of drug-likeness (QED) is 0.402. The number of halogens is 2. The molecule has 1 aliphatic heterocycles. The van der Waals surface area contributed by atoms with Gasteiger partial charge in [-0.2, -0.15) is 0 Å². The number of rotatable bonds is 6. The lowest BCUT2D eigenvalue weighted by Gasteiger charge is -2.29. The van der Waals surface area contributed by atoms with Gasteiger partial charge in [0.1, 0.15) is 17.8 Å². The van der Waals surface area contributed by atoms with Crippen molar-refractivity contribution in [2.75, 3.05) is 19.7 Å². The molecule has 1 saturated heterocycles. The molecule has 0 bridgehead atoms. The second-order valence-corrected chi connectivity index (χ2v) is 6.97. The van der Waals surface area contributed by atoms with Crippen LogP contribution >= 0.6 is 0 Å². The molecular weight excluding hydrogens is 402 g/mol. The van der Waals surface area contributed by atoms with E-state index in [9.17, 15) is 33.8 Å². The molecule has 2 aromatic rings. The van der Waals surface area contributed by atoms with E-state index in [1.807, 2.05) is 0 Å². The summed E-state index contributed by atoms with van der Waals surface area (Å²) >= 11 is 0. The maximum absolute atomic E-state index is 13.2. The summed E-state index contributed by atoms with van der Waals surface area (Å²) in [5, 5.41) is 33.7. The lowest BCUT2D eigenvalue weighted by atomic mass is 9.96. The SMILES string of the molecule is O=C(NC[C@H]1OC[C@@](O)(CN(O)C(=O)c2ccccc2)[C@@H]1O)c1ccc(F)c(F)c1. The van der Waals surface area contributed by atoms with Crippen LogP contribution in [0.2, 0.25) is 0 Å². The summed E-state index contributed by atoms with van der Waals surface area (Å²) in [4.78, 5) is 24.3. The van der Waals surface area contributed by atoms with Gasteiger partial charge in [-0.05, 0) is 30.3 Å². The Morgan fingerprint density at radius 1 is 1.13 bits per heavy atom. The van der Waals surface area contributed by atoms with Crippen LogP contribution in [0.1, 0.15) is 20.7 Å². The minimum Gasteiger partial charge on any atom is -0.387 e. The predicted molar refractivity (Wildman–Crippen MR) is 98.7 cm³/mol. The molecule has 4 N–H and O–H groups in total. The summed E-state index contributed by atoms with van der Waals surface area (Å²) in [5.74, 6) is -3.78. The van der Waals surface area contributed by atoms with E-state index in [1.54, 1.807) is 18.2 Å². The fraction of sp³-hybridized carbons (Fsp3) is 0.300. The molecule has 0 aliphatic carbocycles. The fourth-order valence-corrected chi connectivity index (χ4v) is 3.08. The maximum atomic E-state index is 13.2. The van der Waals surface area contributed by atoms with Crippen molar-refractivity contribution in [2.24, 2.45) is 0 Å². The number of ether oxygens (including phenoxy) is 1. The predicted octanol–water partition coefficient (Wildman–Crippen LogP) is 0.717. The van der Waals surface area contributed by atoms with Gasteiger partial charge in [-0.25, -0.2) is 13.8 Å². The molecule has 0 radical (unpaired) electrons. The van der Waals surface area contributed by atoms with Gasteiger partial charge in [0, 0.05) is 17.7 Å². The van der Waals surface area contributed by atoms with Crippen LogP contribution in [-0.2, 0) is 4.74 Å². The zero-order valence-corrected chi connectivity index (χ0v) is 15.7. The van der Waals surface area contributed by atoms with Crippen LogP contribution in [-0.4, -0.2) is 69.8 Å². The van der Waals surface area contributed by atoms with E-state index in [4.69, 9.17) is 4.74 Å². The van der Waals surface area contributed by atoms with Crippen molar-refractivity contribution in [3.63, 3.8) is 0 Å². The number of aliphatic hydroxyl groups excluding tert-OH is 1. The average Bonchev–Trinajstić information content (AvgIpc) is 3.02. The Labute approximate surface area is 170 Å². The average molecular weight is 422 g/mol. The van der Waals surface area contributed by atoms with Crippen LogP contribution in [0, 0.1) is 11.6 Å². The van der Waals surface area contributed by atoms with E-state index >= 15 is 0 Å². The summed E-state index contributed by atoms with van der Waals surface area (Å²) in [6.45, 7) is -1.28. The summed E-state index contributed by atoms with van der Waals surface area (Å²) in [6, 6.07) is 10.5. The molecule has 0 unspecified atom stereocenters. The van der Waals surface area contributed by atoms with Crippen LogP contribution in [0.5, 0.6) is 0 Å². The van der Waals surface area contributed by atoms with Crippen molar-refractivity contribution < 1.29 is 38.5 Å². The first kappa shape index (κ1) is 21.8. The third kappa shape index (κ3) is 4.62. The summed E-state index contributed by atoms with van der Waals surface area (Å²) in [7, 11) is 0. The van der Waals surface area contributed by atoms with Gasteiger partial charge >= 0.3 is 0 Å². The van der Waals surface area contributed by atoms with E-state index in [0.717, 1.165) is 18.2 Å². The fourth-order valence-electron chi connectivity index (χ4n) is 3.08. The minimum atomic E-state index is -1.98. The monoisotopic (exact) mass is 422 g/mol. The first-order valence-electron chi connectivity index (χ1n) is 9.02. The number of hydroxylamine groups is 2. The lowest BCUT2D eigenvalue weighted by molar-refractivity contribution is -0.133. The molecule has 30 heavy (non-hydrogen) atoms. The van der Waals surface area contributed by atoms with Gasteiger partial charge in [0.05, 0.1) is 13.2 Å². The second-order valence-electron chi connectivity index (χ2n) is 6.97. The Hall–Kier alpha value is -2.92. The Balaban J connectivity index is 1.57. The van der Waals surface area contributed by atoms with Gasteiger partial charge in [0.25, 0.3) is 11.8 Å². The minimum absolute atomic E-state index is 0.133. The Morgan fingerprint density at radius 2 is 1.83 bits per heavy atom. The molecule has 2 amide bonds. The molecule has 160 valence electrons. The smallest absolute Gasteiger partial charge is 0.277 e. The third-order valence-electron chi connectivity index (χ3n) is 4.77. The number of aliphatic hydroxyl groups is 2. The van der Waals surface area contributed by atoms with Crippen LogP contribution in [0.3, 0.4) is 0 Å². The highest BCUT2D eigenvalue weighted by Crippen LogP contribution is 2.26. The number of nitrogens with zero attached hydrogens (tertiary/aromatic N) is 1. The normalized spacial score (nSPS) is 23.2. The molecule has 3 atom stereocenters. The van der Waals surface area contributed by atoms with Crippen molar-refractivity contribution in [1.29, 1.82) is 0 Å². The molecule has 3 rings (SSSR count). The van der Waals surface area contributed by atoms with E-state index in [-0.39, 0.29) is 22.7 Å². The van der Waals surface area contributed by atoms with Crippen LogP contribution in [0.25, 0.3) is 0 Å². The first-order valence-corrected chi connectivity index (χ1v) is 9.02. The van der Waals surface area contributed by atoms with Gasteiger partial charge < -0.3 is 20.3 Å². The van der Waals surface area contributed by atoms with Crippen molar-refractivity contribution in [1.82, 2.24) is 10.4 Å². The summed E-state index contributed by atoms with van der Waals surface area (Å²) < 4.78 is 31.5. The summed E-state index contributed by atoms with van der Waals surface area (Å²) in [5.41, 5.74) is -1.92. The van der Waals surface area contributed by atoms with Gasteiger partial charge in [0.2, 0.25) is 0 Å². The van der Waals surface area contributed by atoms with E-state index in [1.165, 1.54) is 12.1 Å². The zero-order chi connectivity index (χ0) is 21.9. The Kier molecular flexibility index (Phi) is 6.42. The molecule has 0 spiro atoms. The van der Waals surface area contributed by atoms with Crippen LogP contribution in [0.4, 0.5) is 8.78 Å². The van der Waals surface area contributed by atoms with E-state index in [0.29, 0.717) is 0 Å². The number of amides is 2. The number of benzene rings is 2. The second kappa shape index (κ2) is 8.84. The van der Waals surface area contributed by atoms with Crippen molar-refractivity contribution in [2.45, 2.75) is 17.8 Å². The van der Waals surface area contributed by atoms with Gasteiger partial charge in [0.15, 0.2) is 11.6 Å². The van der Waals surface area contributed by atoms with Gasteiger partial charge in [-0.1, -0.05) is 18.2 Å². The Morgan fingerprint density at radius 3 is 2.50 bits per heavy atom. The first-order chi connectivity index (χ1) is 14.2. The molecule has 0 aromatic heterocycles. The van der Waals surface area contributed by atoms with Crippen LogP contribution in [0.15, 0.2) is 48.5 Å². The molecule has 0 saturated carbocycles. The standard InChI is InChI=1S/C20H20F2N2O6/c21-14-7-6-13(8-15(14)22)18(26)23-9-16-17(25)20(28,11-30-16)10-24(29)19(27)12-4-2-1-3-5-12/h1-8,16-17,25,28-29H,9-11H2,(H,23,26)/t16-,17-,20+/m1/s1. The summed E-state index contributed by atoms with van der Waals surface area (Å²) in [6.07, 6.45) is -2.59. The van der Waals surface area contributed by atoms with Crippen molar-refractivity contribution in [3.05, 3.63) is 71.3 Å². The Bertz CT molecular complexity index is 929. The number of nitrogens with one attached hydrogen (secondary N) is 1. The maximum Gasteiger partial charge on any atom is 0.277 e.